The maximum atomic E-state index is 14.4. The van der Waals surface area contributed by atoms with Gasteiger partial charge in [0.2, 0.25) is 11.8 Å². The first-order valence-electron chi connectivity index (χ1n) is 18.0. The van der Waals surface area contributed by atoms with Crippen molar-refractivity contribution in [2.45, 2.75) is 157 Å². The number of amides is 1. The number of fused-ring (bicyclic) bond motifs is 7. The highest BCUT2D eigenvalue weighted by Gasteiger charge is 2.71. The van der Waals surface area contributed by atoms with Crippen LogP contribution in [0, 0.1) is 50.7 Å². The van der Waals surface area contributed by atoms with E-state index in [9.17, 15) is 23.2 Å². The number of alkyl halides is 2. The molecule has 0 spiro atoms. The maximum Gasteiger partial charge on any atom is 0.302 e. The van der Waals surface area contributed by atoms with Crippen LogP contribution >= 0.6 is 0 Å². The number of ketones is 1. The second kappa shape index (κ2) is 10.6. The van der Waals surface area contributed by atoms with Crippen LogP contribution in [0.1, 0.15) is 139 Å². The minimum absolute atomic E-state index is 0.0361. The summed E-state index contributed by atoms with van der Waals surface area (Å²) in [5, 5.41) is 3.22. The van der Waals surface area contributed by atoms with Crippen molar-refractivity contribution in [1.82, 2.24) is 5.32 Å². The van der Waals surface area contributed by atoms with Gasteiger partial charge >= 0.3 is 5.97 Å². The van der Waals surface area contributed by atoms with Gasteiger partial charge in [0.1, 0.15) is 6.10 Å². The zero-order valence-corrected chi connectivity index (χ0v) is 29.0. The van der Waals surface area contributed by atoms with E-state index in [-0.39, 0.29) is 95.4 Å². The number of Topliss-reactive ketones (excluding diaryl/α,β-unsaturated/α-hetero) is 1. The van der Waals surface area contributed by atoms with Crippen LogP contribution in [0.2, 0.25) is 0 Å². The molecule has 0 aromatic heterocycles. The van der Waals surface area contributed by atoms with Crippen molar-refractivity contribution in [1.29, 1.82) is 0 Å². The lowest BCUT2D eigenvalue weighted by Gasteiger charge is -2.72. The van der Waals surface area contributed by atoms with Gasteiger partial charge in [-0.15, -0.1) is 0 Å². The molecule has 0 aromatic carbocycles. The Balaban J connectivity index is 1.34. The summed E-state index contributed by atoms with van der Waals surface area (Å²) in [6.45, 7) is 17.8. The Morgan fingerprint density at radius 3 is 2.11 bits per heavy atom. The summed E-state index contributed by atoms with van der Waals surface area (Å²) in [7, 11) is 0. The van der Waals surface area contributed by atoms with Crippen LogP contribution in [0.3, 0.4) is 0 Å². The van der Waals surface area contributed by atoms with Crippen molar-refractivity contribution in [3.8, 4) is 0 Å². The van der Waals surface area contributed by atoms with Crippen molar-refractivity contribution >= 4 is 17.7 Å². The first-order chi connectivity index (χ1) is 20.8. The average molecular weight is 630 g/mol. The monoisotopic (exact) mass is 629 g/mol. The van der Waals surface area contributed by atoms with Crippen LogP contribution in [-0.4, -0.2) is 35.7 Å². The predicted molar refractivity (Wildman–Crippen MR) is 170 cm³/mol. The number of nitrogens with one attached hydrogen (secondary N) is 1. The van der Waals surface area contributed by atoms with Crippen molar-refractivity contribution in [2.75, 3.05) is 0 Å². The Morgan fingerprint density at radius 1 is 0.822 bits per heavy atom. The molecule has 5 saturated carbocycles. The van der Waals surface area contributed by atoms with Gasteiger partial charge in [0.25, 0.3) is 0 Å². The molecular formula is C38H57F2NO4. The van der Waals surface area contributed by atoms with E-state index in [1.807, 2.05) is 0 Å². The van der Waals surface area contributed by atoms with Crippen molar-refractivity contribution < 1.29 is 27.9 Å². The number of esters is 1. The molecule has 45 heavy (non-hydrogen) atoms. The van der Waals surface area contributed by atoms with Crippen LogP contribution in [0.15, 0.2) is 11.1 Å². The molecule has 6 aliphatic carbocycles. The average Bonchev–Trinajstić information content (AvgIpc) is 3.25. The first kappa shape index (κ1) is 33.1. The Labute approximate surface area is 269 Å². The van der Waals surface area contributed by atoms with Crippen LogP contribution < -0.4 is 5.32 Å². The number of allylic oxidation sites excluding steroid dienone is 1. The van der Waals surface area contributed by atoms with Gasteiger partial charge < -0.3 is 10.1 Å². The summed E-state index contributed by atoms with van der Waals surface area (Å²) in [4.78, 5) is 40.2. The summed E-state index contributed by atoms with van der Waals surface area (Å²) in [5.41, 5.74) is 1.14. The Morgan fingerprint density at radius 2 is 1.49 bits per heavy atom. The van der Waals surface area contributed by atoms with Crippen molar-refractivity contribution in [3.05, 3.63) is 11.1 Å². The number of carbonyl (C=O) groups is 3. The molecule has 1 amide bonds. The van der Waals surface area contributed by atoms with Crippen LogP contribution in [0.5, 0.6) is 0 Å². The molecule has 0 aliphatic heterocycles. The number of halogens is 2. The fourth-order valence-electron chi connectivity index (χ4n) is 12.8. The van der Waals surface area contributed by atoms with Crippen LogP contribution in [-0.2, 0) is 19.1 Å². The van der Waals surface area contributed by atoms with Gasteiger partial charge in [-0.2, -0.15) is 0 Å². The molecule has 1 N–H and O–H groups in total. The lowest BCUT2D eigenvalue weighted by Crippen LogP contribution is -2.66. The largest absolute Gasteiger partial charge is 0.462 e. The second-order valence-corrected chi connectivity index (χ2v) is 17.8. The van der Waals surface area contributed by atoms with Gasteiger partial charge in [0, 0.05) is 37.6 Å². The second-order valence-electron chi connectivity index (χ2n) is 17.8. The van der Waals surface area contributed by atoms with E-state index in [0.717, 1.165) is 56.1 Å². The molecule has 6 rings (SSSR count). The molecule has 5 nitrogen and oxygen atoms in total. The number of ether oxygens (including phenoxy) is 1. The summed E-state index contributed by atoms with van der Waals surface area (Å²) in [6.07, 6.45) is 8.04. The van der Waals surface area contributed by atoms with Crippen molar-refractivity contribution in [2.24, 2.45) is 50.7 Å². The zero-order valence-electron chi connectivity index (χ0n) is 29.0. The number of hydrogen-bond acceptors (Lipinski definition) is 4. The third kappa shape index (κ3) is 4.72. The van der Waals surface area contributed by atoms with E-state index in [2.05, 4.69) is 53.8 Å². The van der Waals surface area contributed by atoms with E-state index in [4.69, 9.17) is 4.74 Å². The van der Waals surface area contributed by atoms with E-state index < -0.39 is 11.3 Å². The summed E-state index contributed by atoms with van der Waals surface area (Å²) >= 11 is 0. The van der Waals surface area contributed by atoms with Gasteiger partial charge in [-0.3, -0.25) is 14.4 Å². The van der Waals surface area contributed by atoms with Gasteiger partial charge in [0.05, 0.1) is 5.41 Å². The quantitative estimate of drug-likeness (QED) is 0.316. The normalized spacial score (nSPS) is 44.0. The zero-order chi connectivity index (χ0) is 33.0. The topological polar surface area (TPSA) is 72.5 Å². The molecule has 0 unspecified atom stereocenters. The van der Waals surface area contributed by atoms with Gasteiger partial charge in [0.15, 0.2) is 5.78 Å². The van der Waals surface area contributed by atoms with Gasteiger partial charge in [-0.25, -0.2) is 8.78 Å². The van der Waals surface area contributed by atoms with Gasteiger partial charge in [-0.05, 0) is 115 Å². The number of hydrogen-bond donors (Lipinski definition) is 1. The minimum Gasteiger partial charge on any atom is -0.462 e. The van der Waals surface area contributed by atoms with E-state index in [1.165, 1.54) is 6.92 Å². The standard InChI is InChI=1S/C38H57F2NO4/c1-22(2)30-26(43)21-37(32(44)41-24-11-17-38(39,40)18-12-24)20-19-35(7)25(31(30)37)9-10-28-34(6)15-14-29(45-23(3)42)33(4,5)27(34)13-16-36(28,35)8/h22,24-25,27-29H,9-21H2,1-8H3,(H,41,44)/t25-,27+,28-,29+,34+,35-,36-,37-/m1/s1. The Hall–Kier alpha value is -1.79. The molecule has 7 heteroatoms. The fourth-order valence-corrected chi connectivity index (χ4v) is 12.8. The van der Waals surface area contributed by atoms with Gasteiger partial charge in [-0.1, -0.05) is 48.5 Å². The highest BCUT2D eigenvalue weighted by atomic mass is 19.3. The minimum atomic E-state index is -2.65. The molecule has 5 fully saturated rings. The van der Waals surface area contributed by atoms with E-state index in [0.29, 0.717) is 18.3 Å². The van der Waals surface area contributed by atoms with E-state index >= 15 is 0 Å². The Kier molecular flexibility index (Phi) is 7.81. The molecular weight excluding hydrogens is 572 g/mol. The summed E-state index contributed by atoms with van der Waals surface area (Å²) in [5.74, 6) is -1.66. The highest BCUT2D eigenvalue weighted by Crippen LogP contribution is 2.76. The number of rotatable bonds is 4. The molecule has 0 aromatic rings. The molecule has 0 heterocycles. The predicted octanol–water partition coefficient (Wildman–Crippen LogP) is 8.59. The third-order valence-corrected chi connectivity index (χ3v) is 15.2. The smallest absolute Gasteiger partial charge is 0.302 e. The molecule has 8 atom stereocenters. The molecule has 0 bridgehead atoms. The first-order valence-corrected chi connectivity index (χ1v) is 18.0. The lowest BCUT2D eigenvalue weighted by molar-refractivity contribution is -0.232. The van der Waals surface area contributed by atoms with Crippen molar-refractivity contribution in [3.63, 3.8) is 0 Å². The van der Waals surface area contributed by atoms with Crippen LogP contribution in [0.4, 0.5) is 8.78 Å². The SMILES string of the molecule is CC(=O)O[C@H]1CC[C@]2(C)[C@H]3CC[C@@H]4C5=C(C(C)C)C(=O)C[C@]5(C(=O)NC5CCC(F)(F)CC5)CC[C@@]4(C)[C@]3(C)CC[C@H]2C1(C)C. The molecule has 6 aliphatic rings. The fraction of sp³-hybridized carbons (Fsp3) is 0.868. The summed E-state index contributed by atoms with van der Waals surface area (Å²) < 4.78 is 33.8. The van der Waals surface area contributed by atoms with Crippen LogP contribution in [0.25, 0.3) is 0 Å². The molecule has 252 valence electrons. The maximum absolute atomic E-state index is 14.4. The number of carbonyl (C=O) groups excluding carboxylic acids is 3. The lowest BCUT2D eigenvalue weighted by atomic mass is 9.33. The molecule has 0 saturated heterocycles. The Bertz CT molecular complexity index is 1290. The summed E-state index contributed by atoms with van der Waals surface area (Å²) in [6, 6.07) is -0.256. The highest BCUT2D eigenvalue weighted by molar-refractivity contribution is 6.07. The van der Waals surface area contributed by atoms with E-state index in [1.54, 1.807) is 0 Å². The molecule has 0 radical (unpaired) electrons. The third-order valence-electron chi connectivity index (χ3n) is 15.2.